The van der Waals surface area contributed by atoms with Gasteiger partial charge >= 0.3 is 0 Å². The molecule has 0 saturated heterocycles. The van der Waals surface area contributed by atoms with Gasteiger partial charge in [-0.15, -0.1) is 11.3 Å². The molecular formula is C52H33NS. The fourth-order valence-corrected chi connectivity index (χ4v) is 9.54. The molecule has 11 aromatic rings. The van der Waals surface area contributed by atoms with Crippen LogP contribution in [0.2, 0.25) is 0 Å². The van der Waals surface area contributed by atoms with Crippen LogP contribution in [0.5, 0.6) is 0 Å². The van der Waals surface area contributed by atoms with Gasteiger partial charge in [0.1, 0.15) is 0 Å². The maximum absolute atomic E-state index is 2.41. The lowest BCUT2D eigenvalue weighted by Crippen LogP contribution is -2.10. The standard InChI is InChI=1S/C52H33NS/c1-3-14-44-35(9-1)11-8-17-45(44)40-12-7-13-42(31-40)53(43-29-30-48-47-16-5-6-18-50(47)54-51(48)33-43)41-27-25-34(26-28-41)39-24-21-37-20-23-38-22-19-36-10-2-4-15-46(36)52(38)49(37)32-39/h1-33H. The van der Waals surface area contributed by atoms with Crippen molar-refractivity contribution in [2.75, 3.05) is 4.90 Å². The summed E-state index contributed by atoms with van der Waals surface area (Å²) in [4.78, 5) is 2.41. The van der Waals surface area contributed by atoms with Crippen LogP contribution in [0.1, 0.15) is 0 Å². The first-order valence-electron chi connectivity index (χ1n) is 18.5. The molecule has 2 heteroatoms. The average Bonchev–Trinajstić information content (AvgIpc) is 3.61. The Morgan fingerprint density at radius 2 is 0.889 bits per heavy atom. The van der Waals surface area contributed by atoms with Crippen LogP contribution >= 0.6 is 11.3 Å². The van der Waals surface area contributed by atoms with Crippen molar-refractivity contribution in [3.63, 3.8) is 0 Å². The topological polar surface area (TPSA) is 3.24 Å². The monoisotopic (exact) mass is 703 g/mol. The molecule has 10 aromatic carbocycles. The number of nitrogens with zero attached hydrogens (tertiary/aromatic N) is 1. The van der Waals surface area contributed by atoms with E-state index in [9.17, 15) is 0 Å². The highest BCUT2D eigenvalue weighted by molar-refractivity contribution is 7.25. The van der Waals surface area contributed by atoms with Gasteiger partial charge in [0.25, 0.3) is 0 Å². The molecule has 0 N–H and O–H groups in total. The molecule has 0 aliphatic rings. The second kappa shape index (κ2) is 12.4. The Balaban J connectivity index is 1.05. The first-order valence-corrected chi connectivity index (χ1v) is 19.3. The maximum atomic E-state index is 2.41. The summed E-state index contributed by atoms with van der Waals surface area (Å²) in [6, 6.07) is 73.6. The number of anilines is 3. The summed E-state index contributed by atoms with van der Waals surface area (Å²) >= 11 is 1.86. The van der Waals surface area contributed by atoms with Crippen molar-refractivity contribution < 1.29 is 0 Å². The molecule has 0 atom stereocenters. The minimum atomic E-state index is 1.12. The molecule has 0 bridgehead atoms. The quantitative estimate of drug-likeness (QED) is 0.161. The van der Waals surface area contributed by atoms with E-state index in [0.29, 0.717) is 0 Å². The van der Waals surface area contributed by atoms with Gasteiger partial charge in [0.15, 0.2) is 0 Å². The predicted octanol–water partition coefficient (Wildman–Crippen LogP) is 15.5. The van der Waals surface area contributed by atoms with Gasteiger partial charge in [0.2, 0.25) is 0 Å². The Labute approximate surface area is 317 Å². The molecule has 11 rings (SSSR count). The molecule has 0 saturated carbocycles. The van der Waals surface area contributed by atoms with Gasteiger partial charge in [0.05, 0.1) is 0 Å². The van der Waals surface area contributed by atoms with E-state index >= 15 is 0 Å². The number of hydrogen-bond acceptors (Lipinski definition) is 2. The SMILES string of the molecule is c1cc(-c2cccc3ccccc23)cc(N(c2ccc(-c3ccc4ccc5ccc6ccccc6c5c4c3)cc2)c2ccc3c(c2)sc2ccccc23)c1. The number of fused-ring (bicyclic) bond motifs is 9. The van der Waals surface area contributed by atoms with E-state index in [1.54, 1.807) is 0 Å². The maximum Gasteiger partial charge on any atom is 0.0476 e. The zero-order chi connectivity index (χ0) is 35.6. The summed E-state index contributed by atoms with van der Waals surface area (Å²) in [6.07, 6.45) is 0. The Bertz CT molecular complexity index is 3220. The van der Waals surface area contributed by atoms with E-state index in [4.69, 9.17) is 0 Å². The van der Waals surface area contributed by atoms with Crippen LogP contribution in [0, 0.1) is 0 Å². The van der Waals surface area contributed by atoms with E-state index in [0.717, 1.165) is 17.1 Å². The van der Waals surface area contributed by atoms with Crippen LogP contribution in [-0.4, -0.2) is 0 Å². The van der Waals surface area contributed by atoms with Crippen LogP contribution in [-0.2, 0) is 0 Å². The summed E-state index contributed by atoms with van der Waals surface area (Å²) in [5.74, 6) is 0. The Kier molecular flexibility index (Phi) is 7.11. The van der Waals surface area contributed by atoms with Crippen LogP contribution in [0.4, 0.5) is 17.1 Å². The molecular weight excluding hydrogens is 671 g/mol. The van der Waals surface area contributed by atoms with E-state index in [-0.39, 0.29) is 0 Å². The van der Waals surface area contributed by atoms with Crippen molar-refractivity contribution in [1.29, 1.82) is 0 Å². The Hall–Kier alpha value is -6.74. The summed E-state index contributed by atoms with van der Waals surface area (Å²) in [7, 11) is 0. The third kappa shape index (κ3) is 5.07. The summed E-state index contributed by atoms with van der Waals surface area (Å²) < 4.78 is 2.60. The van der Waals surface area contributed by atoms with Gasteiger partial charge in [-0.05, 0) is 114 Å². The highest BCUT2D eigenvalue weighted by Gasteiger charge is 2.17. The number of benzene rings is 10. The molecule has 0 aliphatic carbocycles. The van der Waals surface area contributed by atoms with Crippen molar-refractivity contribution in [1.82, 2.24) is 0 Å². The van der Waals surface area contributed by atoms with E-state index < -0.39 is 0 Å². The normalized spacial score (nSPS) is 11.7. The van der Waals surface area contributed by atoms with Crippen LogP contribution in [0.3, 0.4) is 0 Å². The zero-order valence-corrected chi connectivity index (χ0v) is 30.2. The lowest BCUT2D eigenvalue weighted by atomic mass is 9.94. The minimum absolute atomic E-state index is 1.12. The van der Waals surface area contributed by atoms with Crippen molar-refractivity contribution in [3.8, 4) is 22.3 Å². The van der Waals surface area contributed by atoms with Crippen molar-refractivity contribution in [3.05, 3.63) is 200 Å². The van der Waals surface area contributed by atoms with E-state index in [1.807, 2.05) is 11.3 Å². The van der Waals surface area contributed by atoms with E-state index in [2.05, 4.69) is 205 Å². The summed E-state index contributed by atoms with van der Waals surface area (Å²) in [5, 5.41) is 12.8. The second-order valence-electron chi connectivity index (χ2n) is 14.1. The van der Waals surface area contributed by atoms with Gasteiger partial charge in [-0.25, -0.2) is 0 Å². The molecule has 0 spiro atoms. The van der Waals surface area contributed by atoms with Crippen LogP contribution < -0.4 is 4.90 Å². The molecule has 1 heterocycles. The lowest BCUT2D eigenvalue weighted by Gasteiger charge is -2.26. The van der Waals surface area contributed by atoms with Crippen molar-refractivity contribution in [2.24, 2.45) is 0 Å². The number of hydrogen-bond donors (Lipinski definition) is 0. The third-order valence-electron chi connectivity index (χ3n) is 11.0. The molecule has 0 fully saturated rings. The minimum Gasteiger partial charge on any atom is -0.310 e. The fraction of sp³-hybridized carbons (Fsp3) is 0. The molecule has 0 radical (unpaired) electrons. The Morgan fingerprint density at radius 3 is 1.74 bits per heavy atom. The smallest absolute Gasteiger partial charge is 0.0476 e. The highest BCUT2D eigenvalue weighted by atomic mass is 32.1. The molecule has 1 nitrogen and oxygen atoms in total. The molecule has 54 heavy (non-hydrogen) atoms. The lowest BCUT2D eigenvalue weighted by molar-refractivity contribution is 1.29. The number of rotatable bonds is 5. The first kappa shape index (κ1) is 30.8. The van der Waals surface area contributed by atoms with Gasteiger partial charge < -0.3 is 4.90 Å². The van der Waals surface area contributed by atoms with Gasteiger partial charge in [-0.1, -0.05) is 152 Å². The van der Waals surface area contributed by atoms with Crippen molar-refractivity contribution >= 4 is 91.7 Å². The molecule has 0 aliphatic heterocycles. The van der Waals surface area contributed by atoms with Crippen LogP contribution in [0.15, 0.2) is 200 Å². The third-order valence-corrected chi connectivity index (χ3v) is 12.1. The molecule has 1 aromatic heterocycles. The molecule has 0 amide bonds. The van der Waals surface area contributed by atoms with Gasteiger partial charge in [-0.3, -0.25) is 0 Å². The zero-order valence-electron chi connectivity index (χ0n) is 29.4. The predicted molar refractivity (Wildman–Crippen MR) is 235 cm³/mol. The fourth-order valence-electron chi connectivity index (χ4n) is 8.40. The highest BCUT2D eigenvalue weighted by Crippen LogP contribution is 2.43. The molecule has 0 unspecified atom stereocenters. The average molecular weight is 704 g/mol. The second-order valence-corrected chi connectivity index (χ2v) is 15.2. The van der Waals surface area contributed by atoms with Gasteiger partial charge in [0, 0.05) is 37.2 Å². The van der Waals surface area contributed by atoms with E-state index in [1.165, 1.54) is 85.5 Å². The molecule has 252 valence electrons. The van der Waals surface area contributed by atoms with Gasteiger partial charge in [-0.2, -0.15) is 0 Å². The summed E-state index contributed by atoms with van der Waals surface area (Å²) in [5.41, 5.74) is 8.23. The first-order chi connectivity index (χ1) is 26.7. The summed E-state index contributed by atoms with van der Waals surface area (Å²) in [6.45, 7) is 0. The van der Waals surface area contributed by atoms with Crippen LogP contribution in [0.25, 0.3) is 85.5 Å². The largest absolute Gasteiger partial charge is 0.310 e. The van der Waals surface area contributed by atoms with Crippen molar-refractivity contribution in [2.45, 2.75) is 0 Å². The Morgan fingerprint density at radius 1 is 0.296 bits per heavy atom. The number of thiophene rings is 1.